The number of aromatic nitrogens is 3. The Labute approximate surface area is 121 Å². The monoisotopic (exact) mass is 289 g/mol. The molecule has 3 nitrogen and oxygen atoms in total. The highest BCUT2D eigenvalue weighted by Crippen LogP contribution is 2.28. The van der Waals surface area contributed by atoms with Gasteiger partial charge in [-0.1, -0.05) is 25.2 Å². The van der Waals surface area contributed by atoms with E-state index in [1.54, 1.807) is 23.5 Å². The predicted molar refractivity (Wildman–Crippen MR) is 79.5 cm³/mol. The van der Waals surface area contributed by atoms with E-state index >= 15 is 0 Å². The van der Waals surface area contributed by atoms with Crippen molar-refractivity contribution < 1.29 is 4.39 Å². The third-order valence-electron chi connectivity index (χ3n) is 3.12. The van der Waals surface area contributed by atoms with Crippen molar-refractivity contribution >= 4 is 16.3 Å². The maximum atomic E-state index is 13.1. The number of fused-ring (bicyclic) bond motifs is 1. The molecule has 104 valence electrons. The second-order valence-corrected chi connectivity index (χ2v) is 6.38. The Morgan fingerprint density at radius 1 is 1.25 bits per heavy atom. The largest absolute Gasteiger partial charge is 0.222 e. The molecule has 0 N–H and O–H groups in total. The van der Waals surface area contributed by atoms with E-state index < -0.39 is 0 Å². The smallest absolute Gasteiger partial charge is 0.212 e. The zero-order valence-electron chi connectivity index (χ0n) is 11.7. The van der Waals surface area contributed by atoms with Gasteiger partial charge in [0.15, 0.2) is 0 Å². The average Bonchev–Trinajstić information content (AvgIpc) is 2.86. The van der Waals surface area contributed by atoms with Gasteiger partial charge in [0.2, 0.25) is 4.96 Å². The maximum absolute atomic E-state index is 13.1. The zero-order valence-corrected chi connectivity index (χ0v) is 12.5. The topological polar surface area (TPSA) is 30.2 Å². The van der Waals surface area contributed by atoms with E-state index in [1.807, 2.05) is 11.4 Å². The van der Waals surface area contributed by atoms with Gasteiger partial charge in [-0.2, -0.15) is 5.10 Å². The Bertz CT molecular complexity index is 740. The normalized spacial score (nSPS) is 11.7. The van der Waals surface area contributed by atoms with Gasteiger partial charge >= 0.3 is 0 Å². The van der Waals surface area contributed by atoms with Crippen molar-refractivity contribution in [1.82, 2.24) is 14.6 Å². The first-order chi connectivity index (χ1) is 9.54. The fourth-order valence-corrected chi connectivity index (χ4v) is 3.41. The fourth-order valence-electron chi connectivity index (χ4n) is 2.26. The highest BCUT2D eigenvalue weighted by molar-refractivity contribution is 7.16. The third-order valence-corrected chi connectivity index (χ3v) is 4.05. The van der Waals surface area contributed by atoms with Gasteiger partial charge in [0, 0.05) is 12.0 Å². The van der Waals surface area contributed by atoms with Crippen LogP contribution in [0.1, 0.15) is 24.5 Å². The van der Waals surface area contributed by atoms with E-state index in [-0.39, 0.29) is 5.82 Å². The van der Waals surface area contributed by atoms with E-state index in [0.29, 0.717) is 5.92 Å². The van der Waals surface area contributed by atoms with Crippen LogP contribution < -0.4 is 0 Å². The number of hydrogen-bond donors (Lipinski definition) is 0. The molecule has 0 saturated heterocycles. The second-order valence-electron chi connectivity index (χ2n) is 5.34. The second kappa shape index (κ2) is 4.98. The van der Waals surface area contributed by atoms with Crippen LogP contribution in [-0.4, -0.2) is 14.6 Å². The van der Waals surface area contributed by atoms with Crippen LogP contribution in [0.15, 0.2) is 24.3 Å². The van der Waals surface area contributed by atoms with Gasteiger partial charge in [-0.25, -0.2) is 13.9 Å². The molecular formula is C15H16FN3S. The molecule has 0 unspecified atom stereocenters. The average molecular weight is 289 g/mol. The summed E-state index contributed by atoms with van der Waals surface area (Å²) in [5, 5.41) is 5.74. The lowest BCUT2D eigenvalue weighted by Crippen LogP contribution is -1.96. The van der Waals surface area contributed by atoms with Crippen molar-refractivity contribution in [2.24, 2.45) is 5.92 Å². The minimum Gasteiger partial charge on any atom is -0.222 e. The molecule has 0 amide bonds. The van der Waals surface area contributed by atoms with Crippen LogP contribution in [-0.2, 0) is 6.42 Å². The summed E-state index contributed by atoms with van der Waals surface area (Å²) in [5.74, 6) is 0.340. The summed E-state index contributed by atoms with van der Waals surface area (Å²) in [6, 6.07) is 6.48. The highest BCUT2D eigenvalue weighted by atomic mass is 32.1. The number of hydrogen-bond acceptors (Lipinski definition) is 3. The summed E-state index contributed by atoms with van der Waals surface area (Å²) in [5.41, 5.74) is 2.82. The van der Waals surface area contributed by atoms with Crippen molar-refractivity contribution in [2.45, 2.75) is 27.2 Å². The van der Waals surface area contributed by atoms with Gasteiger partial charge in [-0.05, 0) is 37.1 Å². The Hall–Kier alpha value is -1.75. The molecule has 3 rings (SSSR count). The van der Waals surface area contributed by atoms with Crippen molar-refractivity contribution in [1.29, 1.82) is 0 Å². The highest BCUT2D eigenvalue weighted by Gasteiger charge is 2.16. The zero-order chi connectivity index (χ0) is 14.3. The van der Waals surface area contributed by atoms with Crippen molar-refractivity contribution in [3.05, 3.63) is 40.8 Å². The van der Waals surface area contributed by atoms with Gasteiger partial charge < -0.3 is 0 Å². The molecule has 0 spiro atoms. The molecule has 0 fully saturated rings. The summed E-state index contributed by atoms with van der Waals surface area (Å²) in [6.07, 6.45) is 0.954. The minimum atomic E-state index is -0.231. The molecule has 0 aliphatic rings. The SMILES string of the molecule is Cc1nc2sc(CC(C)C)nn2c1-c1ccc(F)cc1. The van der Waals surface area contributed by atoms with Gasteiger partial charge in [0.1, 0.15) is 10.8 Å². The lowest BCUT2D eigenvalue weighted by molar-refractivity contribution is 0.628. The molecule has 0 aliphatic heterocycles. The molecular weight excluding hydrogens is 273 g/mol. The van der Waals surface area contributed by atoms with Crippen molar-refractivity contribution in [3.63, 3.8) is 0 Å². The Morgan fingerprint density at radius 2 is 1.95 bits per heavy atom. The first-order valence-corrected chi connectivity index (χ1v) is 7.47. The number of benzene rings is 1. The maximum Gasteiger partial charge on any atom is 0.212 e. The van der Waals surface area contributed by atoms with E-state index in [2.05, 4.69) is 23.9 Å². The van der Waals surface area contributed by atoms with Crippen molar-refractivity contribution in [2.75, 3.05) is 0 Å². The first-order valence-electron chi connectivity index (χ1n) is 6.65. The molecule has 0 aliphatic carbocycles. The summed E-state index contributed by atoms with van der Waals surface area (Å²) in [6.45, 7) is 6.31. The number of halogens is 1. The minimum absolute atomic E-state index is 0.231. The number of nitrogens with zero attached hydrogens (tertiary/aromatic N) is 3. The van der Waals surface area contributed by atoms with Gasteiger partial charge in [-0.15, -0.1) is 0 Å². The van der Waals surface area contributed by atoms with Crippen LogP contribution in [0, 0.1) is 18.7 Å². The van der Waals surface area contributed by atoms with Crippen LogP contribution in [0.25, 0.3) is 16.2 Å². The number of aryl methyl sites for hydroxylation is 1. The third kappa shape index (κ3) is 2.33. The molecule has 5 heteroatoms. The summed E-state index contributed by atoms with van der Waals surface area (Å²) < 4.78 is 14.9. The standard InChI is InChI=1S/C15H16FN3S/c1-9(2)8-13-18-19-14(10(3)17-15(19)20-13)11-4-6-12(16)7-5-11/h4-7,9H,8H2,1-3H3. The lowest BCUT2D eigenvalue weighted by atomic mass is 10.1. The van der Waals surface area contributed by atoms with E-state index in [1.165, 1.54) is 12.1 Å². The summed E-state index contributed by atoms with van der Waals surface area (Å²) in [7, 11) is 0. The van der Waals surface area contributed by atoms with Crippen LogP contribution >= 0.6 is 11.3 Å². The summed E-state index contributed by atoms with van der Waals surface area (Å²) in [4.78, 5) is 5.47. The lowest BCUT2D eigenvalue weighted by Gasteiger charge is -2.01. The van der Waals surface area contributed by atoms with Crippen LogP contribution in [0.2, 0.25) is 0 Å². The molecule has 2 heterocycles. The molecule has 20 heavy (non-hydrogen) atoms. The van der Waals surface area contributed by atoms with E-state index in [0.717, 1.165) is 33.3 Å². The fraction of sp³-hybridized carbons (Fsp3) is 0.333. The first kappa shape index (κ1) is 13.2. The Balaban J connectivity index is 2.11. The molecule has 3 aromatic rings. The summed E-state index contributed by atoms with van der Waals surface area (Å²) >= 11 is 1.63. The van der Waals surface area contributed by atoms with Gasteiger partial charge in [-0.3, -0.25) is 0 Å². The van der Waals surface area contributed by atoms with Crippen molar-refractivity contribution in [3.8, 4) is 11.3 Å². The van der Waals surface area contributed by atoms with E-state index in [4.69, 9.17) is 0 Å². The molecule has 0 atom stereocenters. The molecule has 1 aromatic carbocycles. The van der Waals surface area contributed by atoms with Gasteiger partial charge in [0.05, 0.1) is 11.4 Å². The van der Waals surface area contributed by atoms with E-state index in [9.17, 15) is 4.39 Å². The predicted octanol–water partition coefficient (Wildman–Crippen LogP) is 4.10. The molecule has 2 aromatic heterocycles. The molecule has 0 bridgehead atoms. The Morgan fingerprint density at radius 3 is 2.60 bits per heavy atom. The number of imidazole rings is 1. The molecule has 0 radical (unpaired) electrons. The van der Waals surface area contributed by atoms with Gasteiger partial charge in [0.25, 0.3) is 0 Å². The van der Waals surface area contributed by atoms with Crippen LogP contribution in [0.4, 0.5) is 4.39 Å². The van der Waals surface area contributed by atoms with Crippen LogP contribution in [0.5, 0.6) is 0 Å². The number of rotatable bonds is 3. The quantitative estimate of drug-likeness (QED) is 0.726. The Kier molecular flexibility index (Phi) is 3.30. The molecule has 0 saturated carbocycles. The van der Waals surface area contributed by atoms with Crippen LogP contribution in [0.3, 0.4) is 0 Å².